The van der Waals surface area contributed by atoms with Gasteiger partial charge >= 0.3 is 0 Å². The van der Waals surface area contributed by atoms with Crippen LogP contribution in [0.15, 0.2) is 21.5 Å². The van der Waals surface area contributed by atoms with Crippen LogP contribution in [-0.4, -0.2) is 45.5 Å². The summed E-state index contributed by atoms with van der Waals surface area (Å²) < 4.78 is 41.7. The predicted octanol–water partition coefficient (Wildman–Crippen LogP) is 2.38. The zero-order chi connectivity index (χ0) is 15.8. The summed E-state index contributed by atoms with van der Waals surface area (Å²) in [4.78, 5) is 13.2. The molecular formula is C12H12BrClFNO4S. The van der Waals surface area contributed by atoms with Gasteiger partial charge in [0.15, 0.2) is 0 Å². The maximum atomic E-state index is 13.7. The van der Waals surface area contributed by atoms with Gasteiger partial charge in [-0.1, -0.05) is 0 Å². The molecule has 1 aliphatic rings. The van der Waals surface area contributed by atoms with Crippen LogP contribution in [0.3, 0.4) is 0 Å². The van der Waals surface area contributed by atoms with E-state index < -0.39 is 25.7 Å². The number of benzene rings is 1. The number of nitrogens with zero attached hydrogens (tertiary/aromatic N) is 1. The molecule has 1 fully saturated rings. The van der Waals surface area contributed by atoms with Crippen LogP contribution in [0.1, 0.15) is 16.8 Å². The molecule has 1 aliphatic heterocycles. The van der Waals surface area contributed by atoms with Gasteiger partial charge in [-0.25, -0.2) is 12.8 Å². The molecule has 0 spiro atoms. The van der Waals surface area contributed by atoms with Crippen LogP contribution in [-0.2, 0) is 13.8 Å². The van der Waals surface area contributed by atoms with Gasteiger partial charge in [0, 0.05) is 28.8 Å². The second-order valence-corrected chi connectivity index (χ2v) is 8.02. The van der Waals surface area contributed by atoms with Crippen LogP contribution < -0.4 is 0 Å². The van der Waals surface area contributed by atoms with Crippen LogP contribution in [0.4, 0.5) is 4.39 Å². The number of halogens is 3. The monoisotopic (exact) mass is 399 g/mol. The molecule has 0 N–H and O–H groups in total. The van der Waals surface area contributed by atoms with Crippen LogP contribution in [0.2, 0.25) is 0 Å². The van der Waals surface area contributed by atoms with E-state index >= 15 is 0 Å². The quantitative estimate of drug-likeness (QED) is 0.731. The minimum absolute atomic E-state index is 0.0324. The maximum absolute atomic E-state index is 13.7. The van der Waals surface area contributed by atoms with Crippen molar-refractivity contribution in [2.24, 2.45) is 0 Å². The van der Waals surface area contributed by atoms with E-state index in [1.54, 1.807) is 7.05 Å². The topological polar surface area (TPSA) is 63.7 Å². The minimum Gasteiger partial charge on any atom is -0.379 e. The van der Waals surface area contributed by atoms with Crippen molar-refractivity contribution in [1.29, 1.82) is 0 Å². The Bertz CT molecular complexity index is 676. The Morgan fingerprint density at radius 1 is 1.52 bits per heavy atom. The van der Waals surface area contributed by atoms with Gasteiger partial charge < -0.3 is 9.64 Å². The first-order valence-electron chi connectivity index (χ1n) is 6.00. The smallest absolute Gasteiger partial charge is 0.264 e. The molecule has 0 saturated carbocycles. The zero-order valence-corrected chi connectivity index (χ0v) is 14.1. The fraction of sp³-hybridized carbons (Fsp3) is 0.417. The first kappa shape index (κ1) is 16.7. The fourth-order valence-electron chi connectivity index (χ4n) is 2.06. The summed E-state index contributed by atoms with van der Waals surface area (Å²) in [5.41, 5.74) is 0.0324. The van der Waals surface area contributed by atoms with Crippen LogP contribution in [0, 0.1) is 5.82 Å². The Balaban J connectivity index is 2.41. The average molecular weight is 401 g/mol. The Morgan fingerprint density at radius 3 is 2.71 bits per heavy atom. The lowest BCUT2D eigenvalue weighted by atomic mass is 10.1. The van der Waals surface area contributed by atoms with Crippen molar-refractivity contribution in [3.63, 3.8) is 0 Å². The Kier molecular flexibility index (Phi) is 4.92. The van der Waals surface area contributed by atoms with Crippen LogP contribution >= 0.6 is 26.6 Å². The van der Waals surface area contributed by atoms with E-state index in [0.29, 0.717) is 19.6 Å². The molecule has 1 saturated heterocycles. The van der Waals surface area contributed by atoms with Gasteiger partial charge in [0.2, 0.25) is 0 Å². The van der Waals surface area contributed by atoms with Crippen molar-refractivity contribution < 1.29 is 22.3 Å². The molecular weight excluding hydrogens is 389 g/mol. The third kappa shape index (κ3) is 3.56. The van der Waals surface area contributed by atoms with Crippen molar-refractivity contribution in [3.05, 3.63) is 28.0 Å². The molecule has 0 radical (unpaired) electrons. The predicted molar refractivity (Wildman–Crippen MR) is 78.5 cm³/mol. The first-order chi connectivity index (χ1) is 9.71. The summed E-state index contributed by atoms with van der Waals surface area (Å²) in [7, 11) is 2.49. The number of carbonyl (C=O) groups is 1. The fourth-order valence-corrected chi connectivity index (χ4v) is 3.45. The third-order valence-corrected chi connectivity index (χ3v) is 5.28. The largest absolute Gasteiger partial charge is 0.379 e. The molecule has 9 heteroatoms. The van der Waals surface area contributed by atoms with E-state index in [0.717, 1.165) is 12.1 Å². The summed E-state index contributed by atoms with van der Waals surface area (Å²) in [6, 6.07) is 1.77. The average Bonchev–Trinajstić information content (AvgIpc) is 2.89. The molecule has 1 aromatic rings. The lowest BCUT2D eigenvalue weighted by Gasteiger charge is -2.24. The standard InChI is InChI=1S/C12H12BrClFNO4S/c1-16(7-2-3-20-6-7)12(17)8-4-11(21(14,18)19)10(15)5-9(8)13/h4-5,7H,2-3,6H2,1H3. The number of ether oxygens (including phenoxy) is 1. The molecule has 21 heavy (non-hydrogen) atoms. The van der Waals surface area contributed by atoms with Crippen LogP contribution in [0.25, 0.3) is 0 Å². The number of likely N-dealkylation sites (N-methyl/N-ethyl adjacent to an activating group) is 1. The Labute approximate surface area is 134 Å². The zero-order valence-electron chi connectivity index (χ0n) is 11.0. The molecule has 0 bridgehead atoms. The number of rotatable bonds is 3. The number of hydrogen-bond donors (Lipinski definition) is 0. The number of carbonyl (C=O) groups excluding carboxylic acids is 1. The second-order valence-electron chi connectivity index (χ2n) is 4.63. The molecule has 1 atom stereocenters. The SMILES string of the molecule is CN(C(=O)c1cc(S(=O)(=O)Cl)c(F)cc1Br)C1CCOC1. The van der Waals surface area contributed by atoms with Gasteiger partial charge in [-0.3, -0.25) is 4.79 Å². The molecule has 5 nitrogen and oxygen atoms in total. The van der Waals surface area contributed by atoms with E-state index in [2.05, 4.69) is 15.9 Å². The second kappa shape index (κ2) is 6.20. The van der Waals surface area contributed by atoms with E-state index in [-0.39, 0.29) is 16.1 Å². The molecule has 2 rings (SSSR count). The van der Waals surface area contributed by atoms with Crippen LogP contribution in [0.5, 0.6) is 0 Å². The van der Waals surface area contributed by atoms with Crippen molar-refractivity contribution in [2.75, 3.05) is 20.3 Å². The van der Waals surface area contributed by atoms with E-state index in [9.17, 15) is 17.6 Å². The lowest BCUT2D eigenvalue weighted by Crippen LogP contribution is -2.37. The molecule has 1 heterocycles. The van der Waals surface area contributed by atoms with Crippen molar-refractivity contribution in [1.82, 2.24) is 4.90 Å². The summed E-state index contributed by atoms with van der Waals surface area (Å²) in [5, 5.41) is 0. The Morgan fingerprint density at radius 2 is 2.19 bits per heavy atom. The van der Waals surface area contributed by atoms with Gasteiger partial charge in [-0.2, -0.15) is 0 Å². The minimum atomic E-state index is -4.27. The highest BCUT2D eigenvalue weighted by atomic mass is 79.9. The van der Waals surface area contributed by atoms with Gasteiger partial charge in [0.1, 0.15) is 10.7 Å². The Hall–Kier alpha value is -0.700. The summed E-state index contributed by atoms with van der Waals surface area (Å²) >= 11 is 3.07. The highest BCUT2D eigenvalue weighted by molar-refractivity contribution is 9.10. The van der Waals surface area contributed by atoms with Crippen molar-refractivity contribution in [3.8, 4) is 0 Å². The highest BCUT2D eigenvalue weighted by Crippen LogP contribution is 2.28. The first-order valence-corrected chi connectivity index (χ1v) is 9.10. The highest BCUT2D eigenvalue weighted by Gasteiger charge is 2.28. The molecule has 0 aromatic heterocycles. The molecule has 116 valence electrons. The van der Waals surface area contributed by atoms with Gasteiger partial charge in [-0.15, -0.1) is 0 Å². The molecule has 1 aromatic carbocycles. The van der Waals surface area contributed by atoms with Gasteiger partial charge in [0.25, 0.3) is 15.0 Å². The number of amides is 1. The third-order valence-electron chi connectivity index (χ3n) is 3.29. The molecule has 1 amide bonds. The lowest BCUT2D eigenvalue weighted by molar-refractivity contribution is 0.0710. The summed E-state index contributed by atoms with van der Waals surface area (Å²) in [6.45, 7) is 0.982. The normalized spacial score (nSPS) is 18.8. The van der Waals surface area contributed by atoms with E-state index in [1.165, 1.54) is 4.90 Å². The molecule has 0 aliphatic carbocycles. The summed E-state index contributed by atoms with van der Waals surface area (Å²) in [5.74, 6) is -1.45. The van der Waals surface area contributed by atoms with E-state index in [4.69, 9.17) is 15.4 Å². The van der Waals surface area contributed by atoms with Crippen molar-refractivity contribution >= 4 is 41.6 Å². The number of hydrogen-bond acceptors (Lipinski definition) is 4. The van der Waals surface area contributed by atoms with Gasteiger partial charge in [0.05, 0.1) is 18.2 Å². The molecule has 1 unspecified atom stereocenters. The van der Waals surface area contributed by atoms with Gasteiger partial charge in [-0.05, 0) is 34.5 Å². The summed E-state index contributed by atoms with van der Waals surface area (Å²) in [6.07, 6.45) is 0.696. The van der Waals surface area contributed by atoms with Crippen molar-refractivity contribution in [2.45, 2.75) is 17.4 Å². The maximum Gasteiger partial charge on any atom is 0.264 e. The van der Waals surface area contributed by atoms with E-state index in [1.807, 2.05) is 0 Å².